The van der Waals surface area contributed by atoms with Crippen LogP contribution in [0.15, 0.2) is 182 Å². The molecule has 0 amide bonds. The Bertz CT molecular complexity index is 2750. The summed E-state index contributed by atoms with van der Waals surface area (Å²) in [6.45, 7) is 0. The van der Waals surface area contributed by atoms with Crippen LogP contribution in [-0.2, 0) is 5.41 Å². The van der Waals surface area contributed by atoms with Crippen LogP contribution in [0, 0.1) is 0 Å². The number of rotatable bonds is 4. The van der Waals surface area contributed by atoms with Crippen LogP contribution in [-0.4, -0.2) is 19.5 Å². The van der Waals surface area contributed by atoms with Gasteiger partial charge in [0.25, 0.3) is 0 Å². The molecule has 0 unspecified atom stereocenters. The van der Waals surface area contributed by atoms with Crippen LogP contribution < -0.4 is 0 Å². The minimum absolute atomic E-state index is 0.440. The number of para-hydroxylation sites is 1. The zero-order chi connectivity index (χ0) is 34.2. The van der Waals surface area contributed by atoms with Gasteiger partial charge in [0.1, 0.15) is 0 Å². The van der Waals surface area contributed by atoms with Gasteiger partial charge in [0.05, 0.1) is 16.6 Å². The van der Waals surface area contributed by atoms with Gasteiger partial charge in [-0.05, 0) is 46.0 Å². The van der Waals surface area contributed by atoms with Crippen molar-refractivity contribution >= 4 is 10.9 Å². The lowest BCUT2D eigenvalue weighted by molar-refractivity contribution is 0.801. The van der Waals surface area contributed by atoms with E-state index in [0.29, 0.717) is 17.5 Å². The van der Waals surface area contributed by atoms with Crippen molar-refractivity contribution in [2.24, 2.45) is 0 Å². The molecule has 7 aromatic carbocycles. The van der Waals surface area contributed by atoms with E-state index in [9.17, 15) is 0 Å². The van der Waals surface area contributed by atoms with Crippen molar-refractivity contribution in [2.45, 2.75) is 5.41 Å². The Kier molecular flexibility index (Phi) is 6.13. The van der Waals surface area contributed by atoms with Gasteiger partial charge in [0.2, 0.25) is 0 Å². The first-order chi connectivity index (χ1) is 25.8. The maximum absolute atomic E-state index is 5.07. The lowest BCUT2D eigenvalue weighted by atomic mass is 9.70. The molecule has 4 heteroatoms. The normalized spacial score (nSPS) is 13.2. The Labute approximate surface area is 301 Å². The molecular weight excluding hydrogens is 633 g/mol. The van der Waals surface area contributed by atoms with E-state index >= 15 is 0 Å². The van der Waals surface area contributed by atoms with Gasteiger partial charge in [-0.1, -0.05) is 164 Å². The van der Waals surface area contributed by atoms with E-state index in [4.69, 9.17) is 15.0 Å². The molecule has 2 aliphatic carbocycles. The van der Waals surface area contributed by atoms with Crippen molar-refractivity contribution in [3.63, 3.8) is 0 Å². The van der Waals surface area contributed by atoms with Gasteiger partial charge in [0, 0.05) is 38.9 Å². The highest BCUT2D eigenvalue weighted by Crippen LogP contribution is 2.65. The zero-order valence-corrected chi connectivity index (χ0v) is 28.1. The molecule has 0 bridgehead atoms. The van der Waals surface area contributed by atoms with E-state index in [1.165, 1.54) is 55.5 Å². The molecule has 9 aromatic rings. The average Bonchev–Trinajstić information content (AvgIpc) is 3.83. The molecule has 2 aromatic heterocycles. The van der Waals surface area contributed by atoms with Crippen molar-refractivity contribution in [1.82, 2.24) is 19.5 Å². The number of benzene rings is 7. The van der Waals surface area contributed by atoms with Crippen molar-refractivity contribution in [3.8, 4) is 62.2 Å². The topological polar surface area (TPSA) is 43.6 Å². The van der Waals surface area contributed by atoms with Crippen molar-refractivity contribution in [2.75, 3.05) is 0 Å². The molecule has 0 saturated carbocycles. The van der Waals surface area contributed by atoms with Gasteiger partial charge in [-0.25, -0.2) is 15.0 Å². The van der Waals surface area contributed by atoms with Gasteiger partial charge < -0.3 is 4.57 Å². The first-order valence-electron chi connectivity index (χ1n) is 17.7. The molecule has 1 spiro atoms. The molecule has 0 saturated heterocycles. The SMILES string of the molecule is c1ccc(-c2nc(-c3ccccc3)nc(-c3cccc(-n4c5c(c6ccccc64)C4(c6ccccc6-c6ccccc64)c4ccccc4-5)c3)n2)cc1. The Morgan fingerprint density at radius 2 is 0.846 bits per heavy atom. The second-order valence-electron chi connectivity index (χ2n) is 13.6. The van der Waals surface area contributed by atoms with E-state index in [2.05, 4.69) is 126 Å². The molecule has 0 atom stereocenters. The van der Waals surface area contributed by atoms with Crippen LogP contribution in [0.1, 0.15) is 22.3 Å². The highest BCUT2D eigenvalue weighted by Gasteiger charge is 2.54. The largest absolute Gasteiger partial charge is 0.309 e. The maximum atomic E-state index is 5.07. The van der Waals surface area contributed by atoms with E-state index in [0.717, 1.165) is 22.4 Å². The molecule has 2 aliphatic rings. The number of aromatic nitrogens is 4. The van der Waals surface area contributed by atoms with Crippen molar-refractivity contribution in [3.05, 3.63) is 204 Å². The van der Waals surface area contributed by atoms with Crippen LogP contribution in [0.4, 0.5) is 0 Å². The van der Waals surface area contributed by atoms with Crippen LogP contribution in [0.2, 0.25) is 0 Å². The zero-order valence-electron chi connectivity index (χ0n) is 28.1. The summed E-state index contributed by atoms with van der Waals surface area (Å²) in [5.74, 6) is 1.94. The van der Waals surface area contributed by atoms with Gasteiger partial charge >= 0.3 is 0 Å². The molecule has 2 heterocycles. The summed E-state index contributed by atoms with van der Waals surface area (Å²) in [5, 5.41) is 1.25. The molecule has 0 radical (unpaired) electrons. The summed E-state index contributed by atoms with van der Waals surface area (Å²) < 4.78 is 2.46. The molecule has 4 nitrogen and oxygen atoms in total. The fourth-order valence-corrected chi connectivity index (χ4v) is 8.81. The van der Waals surface area contributed by atoms with Gasteiger partial charge in [-0.2, -0.15) is 0 Å². The summed E-state index contributed by atoms with van der Waals surface area (Å²) >= 11 is 0. The predicted molar refractivity (Wildman–Crippen MR) is 209 cm³/mol. The fraction of sp³-hybridized carbons (Fsp3) is 0.0208. The summed E-state index contributed by atoms with van der Waals surface area (Å²) in [6.07, 6.45) is 0. The third-order valence-electron chi connectivity index (χ3n) is 10.9. The number of nitrogens with zero attached hydrogens (tertiary/aromatic N) is 4. The summed E-state index contributed by atoms with van der Waals surface area (Å²) in [4.78, 5) is 15.1. The molecule has 0 aliphatic heterocycles. The molecule has 0 N–H and O–H groups in total. The lowest BCUT2D eigenvalue weighted by Crippen LogP contribution is -2.25. The highest BCUT2D eigenvalue weighted by molar-refractivity contribution is 6.05. The van der Waals surface area contributed by atoms with E-state index < -0.39 is 5.41 Å². The number of hydrogen-bond acceptors (Lipinski definition) is 3. The van der Waals surface area contributed by atoms with Gasteiger partial charge in [0.15, 0.2) is 17.5 Å². The van der Waals surface area contributed by atoms with E-state index in [1.54, 1.807) is 0 Å². The smallest absolute Gasteiger partial charge is 0.164 e. The van der Waals surface area contributed by atoms with Crippen LogP contribution in [0.3, 0.4) is 0 Å². The quantitative estimate of drug-likeness (QED) is 0.188. The Morgan fingerprint density at radius 3 is 1.46 bits per heavy atom. The minimum atomic E-state index is -0.440. The second-order valence-corrected chi connectivity index (χ2v) is 13.6. The molecular formula is C48H30N4. The second kappa shape index (κ2) is 11.0. The number of hydrogen-bond donors (Lipinski definition) is 0. The minimum Gasteiger partial charge on any atom is -0.309 e. The first kappa shape index (κ1) is 28.9. The van der Waals surface area contributed by atoms with Crippen LogP contribution >= 0.6 is 0 Å². The summed E-state index contributed by atoms with van der Waals surface area (Å²) in [7, 11) is 0. The van der Waals surface area contributed by atoms with E-state index in [1.807, 2.05) is 60.7 Å². The molecule has 0 fully saturated rings. The Balaban J connectivity index is 1.18. The van der Waals surface area contributed by atoms with Crippen LogP contribution in [0.25, 0.3) is 73.1 Å². The maximum Gasteiger partial charge on any atom is 0.164 e. The predicted octanol–water partition coefficient (Wildman–Crippen LogP) is 11.2. The third kappa shape index (κ3) is 3.95. The summed E-state index contributed by atoms with van der Waals surface area (Å²) in [5.41, 5.74) is 15.1. The average molecular weight is 663 g/mol. The first-order valence-corrected chi connectivity index (χ1v) is 17.7. The lowest BCUT2D eigenvalue weighted by Gasteiger charge is -2.30. The van der Waals surface area contributed by atoms with E-state index in [-0.39, 0.29) is 0 Å². The molecule has 242 valence electrons. The monoisotopic (exact) mass is 662 g/mol. The third-order valence-corrected chi connectivity index (χ3v) is 10.9. The summed E-state index contributed by atoms with van der Waals surface area (Å²) in [6, 6.07) is 64.8. The fourth-order valence-electron chi connectivity index (χ4n) is 8.81. The Hall–Kier alpha value is -6.91. The standard InChI is InChI=1S/C48H30N4/c1-3-16-31(17-4-1)45-49-46(32-18-5-2-6-19-32)51-47(50-45)33-20-15-21-34(30-33)52-42-29-14-10-25-38(42)43-44(52)37-24-9-13-28-41(37)48(43)39-26-11-7-22-35(39)36-23-8-12-27-40(36)48/h1-30H. The molecule has 52 heavy (non-hydrogen) atoms. The highest BCUT2D eigenvalue weighted by atomic mass is 15.0. The van der Waals surface area contributed by atoms with Gasteiger partial charge in [-0.15, -0.1) is 0 Å². The van der Waals surface area contributed by atoms with Crippen molar-refractivity contribution in [1.29, 1.82) is 0 Å². The number of fused-ring (bicyclic) bond motifs is 12. The van der Waals surface area contributed by atoms with Gasteiger partial charge in [-0.3, -0.25) is 0 Å². The molecule has 11 rings (SSSR count). The van der Waals surface area contributed by atoms with Crippen LogP contribution in [0.5, 0.6) is 0 Å². The Morgan fingerprint density at radius 1 is 0.385 bits per heavy atom. The van der Waals surface area contributed by atoms with Crippen molar-refractivity contribution < 1.29 is 0 Å².